The van der Waals surface area contributed by atoms with E-state index in [1.807, 2.05) is 6.92 Å². The van der Waals surface area contributed by atoms with Crippen LogP contribution in [0.2, 0.25) is 0 Å². The Bertz CT molecular complexity index is 612. The zero-order valence-electron chi connectivity index (χ0n) is 14.9. The second-order valence-electron chi connectivity index (χ2n) is 6.05. The molecule has 162 valence electrons. The van der Waals surface area contributed by atoms with Crippen molar-refractivity contribution in [2.45, 2.75) is 56.2 Å². The van der Waals surface area contributed by atoms with Gasteiger partial charge >= 0.3 is 23.9 Å². The van der Waals surface area contributed by atoms with E-state index in [-0.39, 0.29) is 5.56 Å². The molecule has 0 radical (unpaired) electrons. The molecule has 0 N–H and O–H groups in total. The average molecular weight is 426 g/mol. The van der Waals surface area contributed by atoms with Crippen molar-refractivity contribution >= 4 is 0 Å². The van der Waals surface area contributed by atoms with E-state index in [0.717, 1.165) is 20.0 Å². The lowest BCUT2D eigenvalue weighted by atomic mass is 9.95. The predicted molar refractivity (Wildman–Crippen MR) is 82.1 cm³/mol. The van der Waals surface area contributed by atoms with E-state index in [2.05, 4.69) is 4.74 Å². The third-order valence-corrected chi connectivity index (χ3v) is 3.95. The molecule has 0 aliphatic carbocycles. The van der Waals surface area contributed by atoms with Gasteiger partial charge in [-0.15, -0.1) is 0 Å². The van der Waals surface area contributed by atoms with E-state index in [9.17, 15) is 39.5 Å². The highest BCUT2D eigenvalue weighted by atomic mass is 19.4. The topological polar surface area (TPSA) is 18.5 Å². The summed E-state index contributed by atoms with van der Waals surface area (Å²) < 4.78 is 127. The van der Waals surface area contributed by atoms with Crippen molar-refractivity contribution in [2.24, 2.45) is 0 Å². The summed E-state index contributed by atoms with van der Waals surface area (Å²) in [5.41, 5.74) is -0.115. The molecule has 1 aromatic rings. The maximum Gasteiger partial charge on any atom is 0.460 e. The van der Waals surface area contributed by atoms with Crippen LogP contribution in [0.1, 0.15) is 37.9 Å². The Labute approximate surface area is 155 Å². The lowest BCUT2D eigenvalue weighted by molar-refractivity contribution is -0.398. The minimum Gasteiger partial charge on any atom is -0.494 e. The molecule has 0 saturated carbocycles. The maximum atomic E-state index is 13.8. The van der Waals surface area contributed by atoms with Crippen molar-refractivity contribution in [3.63, 3.8) is 0 Å². The molecule has 1 atom stereocenters. The third kappa shape index (κ3) is 5.03. The van der Waals surface area contributed by atoms with Gasteiger partial charge in [-0.2, -0.15) is 39.5 Å². The van der Waals surface area contributed by atoms with E-state index in [0.29, 0.717) is 12.4 Å². The van der Waals surface area contributed by atoms with E-state index in [1.54, 1.807) is 0 Å². The molecule has 28 heavy (non-hydrogen) atoms. The number of methoxy groups -OCH3 is 1. The van der Waals surface area contributed by atoms with Gasteiger partial charge < -0.3 is 9.47 Å². The van der Waals surface area contributed by atoms with Crippen LogP contribution in [0.3, 0.4) is 0 Å². The van der Waals surface area contributed by atoms with E-state index in [1.165, 1.54) is 24.3 Å². The summed E-state index contributed by atoms with van der Waals surface area (Å²) in [5.74, 6) is -19.0. The molecule has 0 spiro atoms. The Morgan fingerprint density at radius 3 is 1.82 bits per heavy atom. The van der Waals surface area contributed by atoms with Crippen LogP contribution in [0, 0.1) is 0 Å². The van der Waals surface area contributed by atoms with Gasteiger partial charge in [0.1, 0.15) is 5.75 Å². The molecule has 0 aliphatic heterocycles. The standard InChI is InChI=1S/C17H19F9O2/c1-3-4-9-28-12-7-5-11(6-8-12)13(27-2)10-14(18,19)15(20,21)16(22,23)17(24,25)26/h5-8,13H,3-4,9-10H2,1-2H3. The molecule has 2 nitrogen and oxygen atoms in total. The molecule has 0 aliphatic rings. The van der Waals surface area contributed by atoms with Gasteiger partial charge in [0.05, 0.1) is 12.7 Å². The highest BCUT2D eigenvalue weighted by Crippen LogP contribution is 2.55. The van der Waals surface area contributed by atoms with Crippen LogP contribution >= 0.6 is 0 Å². The van der Waals surface area contributed by atoms with Gasteiger partial charge in [-0.1, -0.05) is 25.5 Å². The fourth-order valence-corrected chi connectivity index (χ4v) is 2.22. The van der Waals surface area contributed by atoms with Gasteiger partial charge in [-0.25, -0.2) is 0 Å². The first-order chi connectivity index (χ1) is 12.7. The summed E-state index contributed by atoms with van der Waals surface area (Å²) in [7, 11) is 0.840. The van der Waals surface area contributed by atoms with Crippen molar-refractivity contribution in [2.75, 3.05) is 13.7 Å². The Kier molecular flexibility index (Phi) is 7.66. The molecular formula is C17H19F9O2. The molecule has 1 unspecified atom stereocenters. The van der Waals surface area contributed by atoms with E-state index in [4.69, 9.17) is 4.74 Å². The second kappa shape index (κ2) is 8.79. The monoisotopic (exact) mass is 426 g/mol. The maximum absolute atomic E-state index is 13.8. The van der Waals surface area contributed by atoms with Crippen molar-refractivity contribution < 1.29 is 49.0 Å². The molecule has 0 saturated heterocycles. The van der Waals surface area contributed by atoms with Crippen molar-refractivity contribution in [3.8, 4) is 5.75 Å². The number of unbranched alkanes of at least 4 members (excludes halogenated alkanes) is 1. The first kappa shape index (κ1) is 24.4. The van der Waals surface area contributed by atoms with E-state index < -0.39 is 36.5 Å². The zero-order chi connectivity index (χ0) is 21.8. The Balaban J connectivity index is 3.01. The fraction of sp³-hybridized carbons (Fsp3) is 0.647. The van der Waals surface area contributed by atoms with Crippen LogP contribution < -0.4 is 4.74 Å². The summed E-state index contributed by atoms with van der Waals surface area (Å²) in [6.45, 7) is 2.30. The summed E-state index contributed by atoms with van der Waals surface area (Å²) in [6.07, 6.45) is -9.18. The molecule has 0 bridgehead atoms. The van der Waals surface area contributed by atoms with Crippen LogP contribution in [0.15, 0.2) is 24.3 Å². The SMILES string of the molecule is CCCCOc1ccc(C(CC(F)(F)C(F)(F)C(F)(F)C(F)(F)F)OC)cc1. The predicted octanol–water partition coefficient (Wildman–Crippen LogP) is 6.41. The number of hydrogen-bond donors (Lipinski definition) is 0. The molecule has 0 heterocycles. The molecular weight excluding hydrogens is 407 g/mol. The van der Waals surface area contributed by atoms with Gasteiger partial charge in [0.25, 0.3) is 0 Å². The largest absolute Gasteiger partial charge is 0.494 e. The number of alkyl halides is 9. The van der Waals surface area contributed by atoms with Crippen molar-refractivity contribution in [1.82, 2.24) is 0 Å². The van der Waals surface area contributed by atoms with Crippen molar-refractivity contribution in [3.05, 3.63) is 29.8 Å². The van der Waals surface area contributed by atoms with Gasteiger partial charge in [-0.05, 0) is 24.1 Å². The fourth-order valence-electron chi connectivity index (χ4n) is 2.22. The molecule has 11 heteroatoms. The van der Waals surface area contributed by atoms with Gasteiger partial charge in [0, 0.05) is 13.5 Å². The van der Waals surface area contributed by atoms with Gasteiger partial charge in [0.15, 0.2) is 0 Å². The molecule has 0 amide bonds. The number of ether oxygens (including phenoxy) is 2. The van der Waals surface area contributed by atoms with Gasteiger partial charge in [-0.3, -0.25) is 0 Å². The van der Waals surface area contributed by atoms with Crippen molar-refractivity contribution in [1.29, 1.82) is 0 Å². The normalized spacial score (nSPS) is 14.8. The van der Waals surface area contributed by atoms with Crippen LogP contribution in [0.25, 0.3) is 0 Å². The molecule has 1 aromatic carbocycles. The van der Waals surface area contributed by atoms with E-state index >= 15 is 0 Å². The minimum absolute atomic E-state index is 0.115. The molecule has 1 rings (SSSR count). The smallest absolute Gasteiger partial charge is 0.460 e. The lowest BCUT2D eigenvalue weighted by Gasteiger charge is -2.35. The Hall–Kier alpha value is -1.65. The first-order valence-corrected chi connectivity index (χ1v) is 8.17. The Morgan fingerprint density at radius 1 is 0.857 bits per heavy atom. The number of hydrogen-bond acceptors (Lipinski definition) is 2. The molecule has 0 aromatic heterocycles. The summed E-state index contributed by atoms with van der Waals surface area (Å²) in [5, 5.41) is 0. The quantitative estimate of drug-likeness (QED) is 0.318. The van der Waals surface area contributed by atoms with Crippen LogP contribution in [-0.4, -0.2) is 37.7 Å². The van der Waals surface area contributed by atoms with Crippen LogP contribution in [0.4, 0.5) is 39.5 Å². The first-order valence-electron chi connectivity index (χ1n) is 8.17. The summed E-state index contributed by atoms with van der Waals surface area (Å²) in [4.78, 5) is 0. The minimum atomic E-state index is -6.92. The lowest BCUT2D eigenvalue weighted by Crippen LogP contribution is -2.61. The summed E-state index contributed by atoms with van der Waals surface area (Å²) >= 11 is 0. The van der Waals surface area contributed by atoms with Gasteiger partial charge in [0.2, 0.25) is 0 Å². The van der Waals surface area contributed by atoms with Crippen LogP contribution in [0.5, 0.6) is 5.75 Å². The summed E-state index contributed by atoms with van der Waals surface area (Å²) in [6, 6.07) is 4.98. The number of halogens is 9. The zero-order valence-corrected chi connectivity index (χ0v) is 14.9. The van der Waals surface area contributed by atoms with Crippen LogP contribution in [-0.2, 0) is 4.74 Å². The average Bonchev–Trinajstić information content (AvgIpc) is 2.59. The molecule has 0 fully saturated rings. The second-order valence-corrected chi connectivity index (χ2v) is 6.05. The highest BCUT2D eigenvalue weighted by Gasteiger charge is 2.81. The number of benzene rings is 1. The number of rotatable bonds is 10. The highest BCUT2D eigenvalue weighted by molar-refractivity contribution is 5.29. The Morgan fingerprint density at radius 2 is 1.39 bits per heavy atom. The third-order valence-electron chi connectivity index (χ3n) is 3.95.